The van der Waals surface area contributed by atoms with Crippen molar-refractivity contribution in [1.82, 2.24) is 0 Å². The molecule has 0 heterocycles. The van der Waals surface area contributed by atoms with Crippen LogP contribution >= 0.6 is 0 Å². The van der Waals surface area contributed by atoms with Gasteiger partial charge in [0.05, 0.1) is 18.3 Å². The standard InChI is InChI=1S/C43H74O3Si2/c1-31-19-22-35(23-20-31)40(44)18-14-16-32(2)38-25-26-39-34(17-15-27-43(38,39)9)24-21-33-28-36(45-47(10,11)41(3,4)5)30-37(29-33)46-48(12,13)42(6,7)8/h19-24,32,36-40,44H,14-18,25-30H2,1-13H3/b34-24+/t32-,36-,37-,38-,39+,40?,43-/m1/s1. The molecule has 48 heavy (non-hydrogen) atoms. The number of fused-ring (bicyclic) bond motifs is 1. The molecule has 0 spiro atoms. The van der Waals surface area contributed by atoms with E-state index in [9.17, 15) is 5.11 Å². The summed E-state index contributed by atoms with van der Waals surface area (Å²) in [4.78, 5) is 0. The summed E-state index contributed by atoms with van der Waals surface area (Å²) in [6, 6.07) is 8.41. The Bertz CT molecular complexity index is 1230. The van der Waals surface area contributed by atoms with Crippen molar-refractivity contribution in [3.63, 3.8) is 0 Å². The maximum atomic E-state index is 10.8. The normalized spacial score (nSPS) is 29.5. The Kier molecular flexibility index (Phi) is 12.7. The summed E-state index contributed by atoms with van der Waals surface area (Å²) in [6.07, 6.45) is 18.1. The van der Waals surface area contributed by atoms with Crippen molar-refractivity contribution in [1.29, 1.82) is 0 Å². The van der Waals surface area contributed by atoms with Gasteiger partial charge < -0.3 is 14.0 Å². The first-order chi connectivity index (χ1) is 22.1. The number of aliphatic hydroxyl groups excluding tert-OH is 1. The molecule has 5 heteroatoms. The summed E-state index contributed by atoms with van der Waals surface area (Å²) >= 11 is 0. The lowest BCUT2D eigenvalue weighted by Crippen LogP contribution is -2.48. The monoisotopic (exact) mass is 695 g/mol. The average Bonchev–Trinajstić information content (AvgIpc) is 3.32. The second-order valence-electron chi connectivity index (χ2n) is 19.6. The Hall–Kier alpha value is -0.986. The third kappa shape index (κ3) is 9.46. The van der Waals surface area contributed by atoms with E-state index in [0.29, 0.717) is 17.3 Å². The second-order valence-corrected chi connectivity index (χ2v) is 29.2. The molecule has 3 aliphatic carbocycles. The highest BCUT2D eigenvalue weighted by molar-refractivity contribution is 6.74. The average molecular weight is 695 g/mol. The van der Waals surface area contributed by atoms with Gasteiger partial charge in [-0.1, -0.05) is 121 Å². The van der Waals surface area contributed by atoms with E-state index in [2.05, 4.69) is 125 Å². The van der Waals surface area contributed by atoms with E-state index >= 15 is 0 Å². The Morgan fingerprint density at radius 1 is 0.875 bits per heavy atom. The number of aliphatic hydroxyl groups is 1. The molecule has 4 rings (SSSR count). The van der Waals surface area contributed by atoms with E-state index in [1.54, 1.807) is 5.57 Å². The van der Waals surface area contributed by atoms with Crippen LogP contribution in [0.1, 0.15) is 143 Å². The maximum absolute atomic E-state index is 10.8. The fourth-order valence-corrected chi connectivity index (χ4v) is 11.6. The molecule has 0 bridgehead atoms. The van der Waals surface area contributed by atoms with Crippen molar-refractivity contribution >= 4 is 16.6 Å². The minimum atomic E-state index is -1.88. The van der Waals surface area contributed by atoms with Crippen LogP contribution in [-0.2, 0) is 8.85 Å². The maximum Gasteiger partial charge on any atom is 0.192 e. The smallest absolute Gasteiger partial charge is 0.192 e. The summed E-state index contributed by atoms with van der Waals surface area (Å²) in [5, 5.41) is 11.2. The van der Waals surface area contributed by atoms with E-state index in [0.717, 1.165) is 43.6 Å². The summed E-state index contributed by atoms with van der Waals surface area (Å²) in [5.41, 5.74) is 5.94. The number of benzene rings is 1. The van der Waals surface area contributed by atoms with Crippen LogP contribution in [0.2, 0.25) is 36.3 Å². The Morgan fingerprint density at radius 3 is 1.98 bits per heavy atom. The van der Waals surface area contributed by atoms with E-state index in [1.165, 1.54) is 49.7 Å². The molecule has 1 N–H and O–H groups in total. The van der Waals surface area contributed by atoms with Crippen LogP contribution in [0.4, 0.5) is 0 Å². The van der Waals surface area contributed by atoms with E-state index in [-0.39, 0.29) is 28.4 Å². The Morgan fingerprint density at radius 2 is 1.44 bits per heavy atom. The van der Waals surface area contributed by atoms with E-state index in [4.69, 9.17) is 8.85 Å². The van der Waals surface area contributed by atoms with Gasteiger partial charge in [0.25, 0.3) is 0 Å². The van der Waals surface area contributed by atoms with Gasteiger partial charge in [0, 0.05) is 0 Å². The molecule has 3 nitrogen and oxygen atoms in total. The highest BCUT2D eigenvalue weighted by Crippen LogP contribution is 2.60. The number of hydrogen-bond acceptors (Lipinski definition) is 3. The number of allylic oxidation sites excluding steroid dienone is 3. The van der Waals surface area contributed by atoms with Gasteiger partial charge in [-0.25, -0.2) is 0 Å². The van der Waals surface area contributed by atoms with Gasteiger partial charge in [-0.15, -0.1) is 0 Å². The molecule has 1 unspecified atom stereocenters. The molecule has 1 aromatic rings. The lowest BCUT2D eigenvalue weighted by atomic mass is 9.60. The molecule has 3 aliphatic rings. The molecule has 0 aliphatic heterocycles. The summed E-state index contributed by atoms with van der Waals surface area (Å²) in [6.45, 7) is 31.0. The number of aryl methyl sites for hydroxylation is 1. The van der Waals surface area contributed by atoms with Crippen molar-refractivity contribution in [2.75, 3.05) is 0 Å². The zero-order chi connectivity index (χ0) is 35.7. The van der Waals surface area contributed by atoms with Gasteiger partial charge in [-0.2, -0.15) is 0 Å². The first-order valence-electron chi connectivity index (χ1n) is 19.6. The highest BCUT2D eigenvalue weighted by atomic mass is 28.4. The van der Waals surface area contributed by atoms with Crippen LogP contribution in [0, 0.1) is 30.1 Å². The summed E-state index contributed by atoms with van der Waals surface area (Å²) in [7, 11) is -3.77. The van der Waals surface area contributed by atoms with E-state index < -0.39 is 16.6 Å². The first-order valence-corrected chi connectivity index (χ1v) is 25.4. The zero-order valence-electron chi connectivity index (χ0n) is 33.5. The van der Waals surface area contributed by atoms with E-state index in [1.807, 2.05) is 0 Å². The van der Waals surface area contributed by atoms with Gasteiger partial charge in [0.1, 0.15) is 0 Å². The van der Waals surface area contributed by atoms with Gasteiger partial charge in [0.2, 0.25) is 0 Å². The van der Waals surface area contributed by atoms with Crippen molar-refractivity contribution in [2.45, 2.75) is 188 Å². The van der Waals surface area contributed by atoms with Crippen LogP contribution in [0.3, 0.4) is 0 Å². The van der Waals surface area contributed by atoms with Crippen LogP contribution in [0.5, 0.6) is 0 Å². The predicted molar refractivity (Wildman–Crippen MR) is 211 cm³/mol. The Labute approximate surface area is 299 Å². The van der Waals surface area contributed by atoms with Gasteiger partial charge in [-0.05, 0) is 130 Å². The third-order valence-electron chi connectivity index (χ3n) is 13.9. The molecule has 0 aromatic heterocycles. The van der Waals surface area contributed by atoms with Crippen LogP contribution in [-0.4, -0.2) is 33.9 Å². The molecular formula is C43H74O3Si2. The minimum Gasteiger partial charge on any atom is -0.414 e. The molecule has 7 atom stereocenters. The van der Waals surface area contributed by atoms with Crippen molar-refractivity contribution in [3.05, 3.63) is 58.7 Å². The number of hydrogen-bond donors (Lipinski definition) is 1. The molecule has 0 saturated heterocycles. The highest BCUT2D eigenvalue weighted by Gasteiger charge is 2.50. The molecular weight excluding hydrogens is 621 g/mol. The SMILES string of the molecule is Cc1ccc(C(O)CCC[C@@H](C)[C@H]2CC[C@H]3/C(=C/C=C4C[C@@H](O[Si](C)(C)C(C)(C)C)C[C@H](O[Si](C)(C)C(C)(C)C)C4)CCC[C@]23C)cc1. The van der Waals surface area contributed by atoms with Crippen LogP contribution in [0.15, 0.2) is 47.6 Å². The Balaban J connectivity index is 1.46. The molecule has 3 saturated carbocycles. The van der Waals surface area contributed by atoms with Crippen molar-refractivity contribution < 1.29 is 14.0 Å². The molecule has 0 amide bonds. The predicted octanol–water partition coefficient (Wildman–Crippen LogP) is 12.9. The fourth-order valence-electron chi connectivity index (χ4n) is 8.86. The zero-order valence-corrected chi connectivity index (χ0v) is 35.5. The lowest BCUT2D eigenvalue weighted by Gasteiger charge is -2.45. The van der Waals surface area contributed by atoms with Crippen LogP contribution in [0.25, 0.3) is 0 Å². The van der Waals surface area contributed by atoms with Gasteiger partial charge in [-0.3, -0.25) is 0 Å². The largest absolute Gasteiger partial charge is 0.414 e. The first kappa shape index (κ1) is 39.8. The molecule has 0 radical (unpaired) electrons. The van der Waals surface area contributed by atoms with Gasteiger partial charge in [0.15, 0.2) is 16.6 Å². The summed E-state index contributed by atoms with van der Waals surface area (Å²) < 4.78 is 14.2. The van der Waals surface area contributed by atoms with Crippen molar-refractivity contribution in [3.8, 4) is 0 Å². The number of rotatable bonds is 11. The third-order valence-corrected chi connectivity index (χ3v) is 23.0. The minimum absolute atomic E-state index is 0.204. The summed E-state index contributed by atoms with van der Waals surface area (Å²) in [5.74, 6) is 2.17. The topological polar surface area (TPSA) is 38.7 Å². The lowest BCUT2D eigenvalue weighted by molar-refractivity contribution is 0.0725. The quantitative estimate of drug-likeness (QED) is 0.234. The van der Waals surface area contributed by atoms with Crippen LogP contribution < -0.4 is 0 Å². The molecule has 1 aromatic carbocycles. The van der Waals surface area contributed by atoms with Crippen molar-refractivity contribution in [2.24, 2.45) is 23.2 Å². The van der Waals surface area contributed by atoms with Gasteiger partial charge >= 0.3 is 0 Å². The molecule has 3 fully saturated rings. The fraction of sp³-hybridized carbons (Fsp3) is 0.767. The molecule has 272 valence electrons. The second kappa shape index (κ2) is 15.3.